The van der Waals surface area contributed by atoms with Gasteiger partial charge >= 0.3 is 0 Å². The topological polar surface area (TPSA) is 56.0 Å². The van der Waals surface area contributed by atoms with Crippen molar-refractivity contribution < 1.29 is 4.92 Å². The number of non-ortho nitro benzene ring substituents is 1. The highest BCUT2D eigenvalue weighted by Crippen LogP contribution is 2.34. The van der Waals surface area contributed by atoms with Gasteiger partial charge < -0.3 is 0 Å². The first-order chi connectivity index (χ1) is 7.11. The third-order valence-corrected chi connectivity index (χ3v) is 2.95. The lowest BCUT2D eigenvalue weighted by Crippen LogP contribution is -1.91. The highest BCUT2D eigenvalue weighted by Gasteiger charge is 2.15. The Morgan fingerprint density at radius 3 is 2.80 bits per heavy atom. The van der Waals surface area contributed by atoms with Crippen molar-refractivity contribution >= 4 is 44.0 Å². The van der Waals surface area contributed by atoms with Gasteiger partial charge in [0.15, 0.2) is 0 Å². The monoisotopic (exact) mass is 286 g/mol. The maximum Gasteiger partial charge on any atom is 0.278 e. The van der Waals surface area contributed by atoms with E-state index in [0.717, 1.165) is 4.47 Å². The van der Waals surface area contributed by atoms with Gasteiger partial charge in [0.25, 0.3) is 5.69 Å². The third-order valence-electron chi connectivity index (χ3n) is 2.00. The van der Waals surface area contributed by atoms with Crippen LogP contribution in [0.1, 0.15) is 0 Å². The summed E-state index contributed by atoms with van der Waals surface area (Å²) in [6.07, 6.45) is 2.89. The van der Waals surface area contributed by atoms with Crippen LogP contribution in [0.4, 0.5) is 5.69 Å². The van der Waals surface area contributed by atoms with E-state index in [1.807, 2.05) is 0 Å². The fourth-order valence-electron chi connectivity index (χ4n) is 1.36. The number of nitro benzene ring substituents is 1. The van der Waals surface area contributed by atoms with Crippen LogP contribution >= 0.6 is 27.5 Å². The van der Waals surface area contributed by atoms with E-state index in [-0.39, 0.29) is 5.69 Å². The molecule has 6 heteroatoms. The number of aromatic nitrogens is 1. The number of nitro groups is 1. The first kappa shape index (κ1) is 10.3. The summed E-state index contributed by atoms with van der Waals surface area (Å²) in [4.78, 5) is 14.1. The van der Waals surface area contributed by atoms with Gasteiger partial charge in [0.2, 0.25) is 0 Å². The largest absolute Gasteiger partial charge is 0.278 e. The van der Waals surface area contributed by atoms with E-state index < -0.39 is 4.92 Å². The minimum absolute atomic E-state index is 0.00296. The van der Waals surface area contributed by atoms with Crippen molar-refractivity contribution in [1.82, 2.24) is 4.98 Å². The van der Waals surface area contributed by atoms with Crippen LogP contribution in [0.15, 0.2) is 29.0 Å². The van der Waals surface area contributed by atoms with Gasteiger partial charge in [-0.2, -0.15) is 0 Å². The molecule has 0 saturated heterocycles. The number of hydrogen-bond acceptors (Lipinski definition) is 3. The van der Waals surface area contributed by atoms with Crippen LogP contribution in [-0.2, 0) is 0 Å². The predicted molar refractivity (Wildman–Crippen MR) is 61.1 cm³/mol. The molecule has 0 radical (unpaired) electrons. The molecular formula is C9H4BrClN2O2. The van der Waals surface area contributed by atoms with Crippen molar-refractivity contribution in [2.45, 2.75) is 0 Å². The molecule has 0 fully saturated rings. The zero-order chi connectivity index (χ0) is 11.0. The van der Waals surface area contributed by atoms with E-state index in [1.54, 1.807) is 6.07 Å². The van der Waals surface area contributed by atoms with Crippen LogP contribution in [0.25, 0.3) is 10.8 Å². The minimum atomic E-state index is -0.452. The van der Waals surface area contributed by atoms with Gasteiger partial charge in [0, 0.05) is 28.3 Å². The molecule has 15 heavy (non-hydrogen) atoms. The summed E-state index contributed by atoms with van der Waals surface area (Å²) in [7, 11) is 0. The Morgan fingerprint density at radius 2 is 2.13 bits per heavy atom. The summed E-state index contributed by atoms with van der Waals surface area (Å²) in [6, 6.07) is 3.02. The highest BCUT2D eigenvalue weighted by molar-refractivity contribution is 9.10. The van der Waals surface area contributed by atoms with E-state index in [2.05, 4.69) is 20.9 Å². The van der Waals surface area contributed by atoms with Crippen molar-refractivity contribution in [1.29, 1.82) is 0 Å². The molecule has 4 nitrogen and oxygen atoms in total. The van der Waals surface area contributed by atoms with E-state index in [9.17, 15) is 10.1 Å². The zero-order valence-corrected chi connectivity index (χ0v) is 9.62. The molecule has 1 aromatic heterocycles. The molecule has 76 valence electrons. The number of fused-ring (bicyclic) bond motifs is 1. The first-order valence-corrected chi connectivity index (χ1v) is 5.14. The Balaban J connectivity index is 2.95. The molecule has 0 saturated carbocycles. The van der Waals surface area contributed by atoms with Crippen LogP contribution < -0.4 is 0 Å². The molecule has 1 aromatic carbocycles. The number of pyridine rings is 1. The molecule has 0 atom stereocenters. The quantitative estimate of drug-likeness (QED) is 0.595. The SMILES string of the molecule is O=[N+]([O-])c1ccc(Br)c2c(Cl)cncc12. The Morgan fingerprint density at radius 1 is 1.40 bits per heavy atom. The maximum atomic E-state index is 10.8. The molecule has 0 N–H and O–H groups in total. The van der Waals surface area contributed by atoms with Gasteiger partial charge in [-0.25, -0.2) is 0 Å². The van der Waals surface area contributed by atoms with Crippen LogP contribution in [0.3, 0.4) is 0 Å². The number of hydrogen-bond donors (Lipinski definition) is 0. The molecular weight excluding hydrogens is 283 g/mol. The Bertz CT molecular complexity index is 551. The predicted octanol–water partition coefficient (Wildman–Crippen LogP) is 3.56. The Kier molecular flexibility index (Phi) is 2.58. The van der Waals surface area contributed by atoms with Crippen molar-refractivity contribution in [3.8, 4) is 0 Å². The summed E-state index contributed by atoms with van der Waals surface area (Å²) in [5, 5.41) is 12.2. The fraction of sp³-hybridized carbons (Fsp3) is 0. The molecule has 0 aliphatic heterocycles. The smallest absolute Gasteiger partial charge is 0.262 e. The second-order valence-electron chi connectivity index (χ2n) is 2.87. The number of halogens is 2. The standard InChI is InChI=1S/C9H4BrClN2O2/c10-6-1-2-8(13(14)15)5-3-12-4-7(11)9(5)6/h1-4H. The lowest BCUT2D eigenvalue weighted by molar-refractivity contribution is -0.383. The van der Waals surface area contributed by atoms with Crippen molar-refractivity contribution in [2.75, 3.05) is 0 Å². The average molecular weight is 288 g/mol. The first-order valence-electron chi connectivity index (χ1n) is 3.97. The van der Waals surface area contributed by atoms with Crippen molar-refractivity contribution in [2.24, 2.45) is 0 Å². The van der Waals surface area contributed by atoms with Gasteiger partial charge in [-0.3, -0.25) is 15.1 Å². The second-order valence-corrected chi connectivity index (χ2v) is 4.13. The van der Waals surface area contributed by atoms with E-state index in [0.29, 0.717) is 15.8 Å². The van der Waals surface area contributed by atoms with Gasteiger partial charge in [-0.1, -0.05) is 27.5 Å². The number of nitrogens with zero attached hydrogens (tertiary/aromatic N) is 2. The van der Waals surface area contributed by atoms with Crippen LogP contribution in [0.5, 0.6) is 0 Å². The molecule has 0 spiro atoms. The van der Waals surface area contributed by atoms with Gasteiger partial charge in [-0.15, -0.1) is 0 Å². The van der Waals surface area contributed by atoms with Gasteiger partial charge in [-0.05, 0) is 6.07 Å². The molecule has 1 heterocycles. The van der Waals surface area contributed by atoms with E-state index in [4.69, 9.17) is 11.6 Å². The summed E-state index contributed by atoms with van der Waals surface area (Å²) in [5.41, 5.74) is 0.00296. The van der Waals surface area contributed by atoms with Crippen LogP contribution in [-0.4, -0.2) is 9.91 Å². The lowest BCUT2D eigenvalue weighted by atomic mass is 10.1. The summed E-state index contributed by atoms with van der Waals surface area (Å²) in [6.45, 7) is 0. The third kappa shape index (κ3) is 1.68. The van der Waals surface area contributed by atoms with Gasteiger partial charge in [0.1, 0.15) is 0 Å². The molecule has 0 aliphatic rings. The molecule has 2 aromatic rings. The van der Waals surface area contributed by atoms with E-state index >= 15 is 0 Å². The average Bonchev–Trinajstić information content (AvgIpc) is 2.17. The van der Waals surface area contributed by atoms with Crippen molar-refractivity contribution in [3.63, 3.8) is 0 Å². The van der Waals surface area contributed by atoms with Crippen LogP contribution in [0, 0.1) is 10.1 Å². The molecule has 0 amide bonds. The molecule has 0 aliphatic carbocycles. The number of benzene rings is 1. The van der Waals surface area contributed by atoms with E-state index in [1.165, 1.54) is 18.5 Å². The normalized spacial score (nSPS) is 10.5. The summed E-state index contributed by atoms with van der Waals surface area (Å²) in [5.74, 6) is 0. The molecule has 0 bridgehead atoms. The lowest BCUT2D eigenvalue weighted by Gasteiger charge is -2.02. The van der Waals surface area contributed by atoms with Crippen LogP contribution in [0.2, 0.25) is 5.02 Å². The van der Waals surface area contributed by atoms with Gasteiger partial charge in [0.05, 0.1) is 15.3 Å². The number of rotatable bonds is 1. The molecule has 2 rings (SSSR count). The minimum Gasteiger partial charge on any atom is -0.262 e. The maximum absolute atomic E-state index is 10.8. The highest BCUT2D eigenvalue weighted by atomic mass is 79.9. The fourth-order valence-corrected chi connectivity index (χ4v) is 2.29. The Labute approximate surface area is 98.2 Å². The molecule has 0 unspecified atom stereocenters. The van der Waals surface area contributed by atoms with Crippen molar-refractivity contribution in [3.05, 3.63) is 44.1 Å². The summed E-state index contributed by atoms with van der Waals surface area (Å²) >= 11 is 9.22. The zero-order valence-electron chi connectivity index (χ0n) is 7.28. The Hall–Kier alpha value is -1.20. The summed E-state index contributed by atoms with van der Waals surface area (Å²) < 4.78 is 0.718. The second kappa shape index (κ2) is 3.75.